The number of hydrogen-bond acceptors (Lipinski definition) is 5. The molecule has 1 aliphatic rings. The Labute approximate surface area is 89.5 Å². The lowest BCUT2D eigenvalue weighted by Gasteiger charge is -2.23. The van der Waals surface area contributed by atoms with Gasteiger partial charge in [0.1, 0.15) is 0 Å². The summed E-state index contributed by atoms with van der Waals surface area (Å²) in [4.78, 5) is 10.6. The maximum atomic E-state index is 5.07. The van der Waals surface area contributed by atoms with Crippen molar-refractivity contribution in [2.75, 3.05) is 32.1 Å². The van der Waals surface area contributed by atoms with Crippen LogP contribution in [0.1, 0.15) is 6.42 Å². The van der Waals surface area contributed by atoms with Crippen LogP contribution in [0.3, 0.4) is 0 Å². The summed E-state index contributed by atoms with van der Waals surface area (Å²) in [7, 11) is 3.63. The van der Waals surface area contributed by atoms with Crippen molar-refractivity contribution in [3.63, 3.8) is 0 Å². The molecule has 0 spiro atoms. The Hall–Kier alpha value is -1.36. The fraction of sp³-hybridized carbons (Fsp3) is 0.600. The monoisotopic (exact) mass is 208 g/mol. The number of nitrogens with one attached hydrogen (secondary N) is 1. The molecule has 1 N–H and O–H groups in total. The maximum Gasteiger partial charge on any atom is 0.228 e. The summed E-state index contributed by atoms with van der Waals surface area (Å²) >= 11 is 0. The molecular formula is C10H16N4O. The van der Waals surface area contributed by atoms with E-state index in [4.69, 9.17) is 4.74 Å². The SMILES string of the molecule is COc1ccnc(N(C)C2CCNC2)n1. The van der Waals surface area contributed by atoms with E-state index in [1.165, 1.54) is 0 Å². The number of hydrogen-bond donors (Lipinski definition) is 1. The molecule has 15 heavy (non-hydrogen) atoms. The zero-order valence-electron chi connectivity index (χ0n) is 9.10. The van der Waals surface area contributed by atoms with E-state index in [1.807, 2.05) is 7.05 Å². The van der Waals surface area contributed by atoms with Gasteiger partial charge in [0.2, 0.25) is 11.8 Å². The second kappa shape index (κ2) is 4.44. The van der Waals surface area contributed by atoms with Crippen LogP contribution in [-0.2, 0) is 0 Å². The molecule has 1 unspecified atom stereocenters. The van der Waals surface area contributed by atoms with Crippen LogP contribution in [0.4, 0.5) is 5.95 Å². The van der Waals surface area contributed by atoms with Gasteiger partial charge in [0.25, 0.3) is 0 Å². The van der Waals surface area contributed by atoms with Crippen molar-refractivity contribution in [3.8, 4) is 5.88 Å². The van der Waals surface area contributed by atoms with Gasteiger partial charge >= 0.3 is 0 Å². The predicted octanol–water partition coefficient (Wildman–Crippen LogP) is 0.283. The smallest absolute Gasteiger partial charge is 0.228 e. The quantitative estimate of drug-likeness (QED) is 0.773. The minimum absolute atomic E-state index is 0.483. The largest absolute Gasteiger partial charge is 0.481 e. The highest BCUT2D eigenvalue weighted by Gasteiger charge is 2.21. The first-order valence-electron chi connectivity index (χ1n) is 5.12. The normalized spacial score (nSPS) is 20.3. The van der Waals surface area contributed by atoms with E-state index in [0.717, 1.165) is 25.5 Å². The fourth-order valence-electron chi connectivity index (χ4n) is 1.75. The lowest BCUT2D eigenvalue weighted by atomic mass is 10.2. The Bertz CT molecular complexity index is 325. The van der Waals surface area contributed by atoms with E-state index in [1.54, 1.807) is 19.4 Å². The summed E-state index contributed by atoms with van der Waals surface area (Å²) in [5.41, 5.74) is 0. The summed E-state index contributed by atoms with van der Waals surface area (Å²) in [5, 5.41) is 3.32. The molecule has 1 atom stereocenters. The first-order valence-corrected chi connectivity index (χ1v) is 5.12. The Morgan fingerprint density at radius 1 is 1.60 bits per heavy atom. The van der Waals surface area contributed by atoms with Crippen LogP contribution in [0.15, 0.2) is 12.3 Å². The van der Waals surface area contributed by atoms with E-state index in [9.17, 15) is 0 Å². The molecule has 2 rings (SSSR count). The van der Waals surface area contributed by atoms with Crippen LogP contribution in [0, 0.1) is 0 Å². The molecule has 5 heteroatoms. The second-order valence-electron chi connectivity index (χ2n) is 3.66. The highest BCUT2D eigenvalue weighted by atomic mass is 16.5. The Kier molecular flexibility index (Phi) is 3.01. The second-order valence-corrected chi connectivity index (χ2v) is 3.66. The molecule has 1 aliphatic heterocycles. The van der Waals surface area contributed by atoms with Crippen molar-refractivity contribution in [3.05, 3.63) is 12.3 Å². The molecule has 0 bridgehead atoms. The predicted molar refractivity (Wildman–Crippen MR) is 58.3 cm³/mol. The molecular weight excluding hydrogens is 192 g/mol. The lowest BCUT2D eigenvalue weighted by molar-refractivity contribution is 0.396. The van der Waals surface area contributed by atoms with E-state index in [-0.39, 0.29) is 0 Å². The fourth-order valence-corrected chi connectivity index (χ4v) is 1.75. The molecule has 0 saturated carbocycles. The maximum absolute atomic E-state index is 5.07. The van der Waals surface area contributed by atoms with Crippen LogP contribution in [-0.4, -0.2) is 43.3 Å². The molecule has 0 amide bonds. The molecule has 1 aromatic heterocycles. The molecule has 0 radical (unpaired) electrons. The van der Waals surface area contributed by atoms with Gasteiger partial charge < -0.3 is 15.0 Å². The molecule has 0 aromatic carbocycles. The molecule has 0 aliphatic carbocycles. The minimum atomic E-state index is 0.483. The highest BCUT2D eigenvalue weighted by molar-refractivity contribution is 5.32. The van der Waals surface area contributed by atoms with Crippen molar-refractivity contribution in [1.29, 1.82) is 0 Å². The van der Waals surface area contributed by atoms with Gasteiger partial charge in [-0.25, -0.2) is 4.98 Å². The summed E-state index contributed by atoms with van der Waals surface area (Å²) in [6, 6.07) is 2.24. The summed E-state index contributed by atoms with van der Waals surface area (Å²) in [6.07, 6.45) is 2.86. The van der Waals surface area contributed by atoms with Crippen LogP contribution in [0.2, 0.25) is 0 Å². The number of methoxy groups -OCH3 is 1. The zero-order chi connectivity index (χ0) is 10.7. The van der Waals surface area contributed by atoms with Gasteiger partial charge in [-0.2, -0.15) is 4.98 Å². The van der Waals surface area contributed by atoms with E-state index >= 15 is 0 Å². The van der Waals surface area contributed by atoms with Gasteiger partial charge in [0, 0.05) is 31.9 Å². The van der Waals surface area contributed by atoms with Crippen molar-refractivity contribution in [2.24, 2.45) is 0 Å². The number of nitrogens with zero attached hydrogens (tertiary/aromatic N) is 3. The summed E-state index contributed by atoms with van der Waals surface area (Å²) in [5.74, 6) is 1.33. The van der Waals surface area contributed by atoms with Gasteiger partial charge in [-0.05, 0) is 13.0 Å². The number of likely N-dealkylation sites (N-methyl/N-ethyl adjacent to an activating group) is 1. The average Bonchev–Trinajstić information content (AvgIpc) is 2.81. The van der Waals surface area contributed by atoms with Crippen LogP contribution in [0.5, 0.6) is 5.88 Å². The molecule has 1 fully saturated rings. The number of anilines is 1. The Morgan fingerprint density at radius 3 is 3.13 bits per heavy atom. The van der Waals surface area contributed by atoms with Crippen molar-refractivity contribution >= 4 is 5.95 Å². The van der Waals surface area contributed by atoms with Gasteiger partial charge in [-0.3, -0.25) is 0 Å². The van der Waals surface area contributed by atoms with Crippen molar-refractivity contribution in [2.45, 2.75) is 12.5 Å². The minimum Gasteiger partial charge on any atom is -0.481 e. The molecule has 1 aromatic rings. The molecule has 82 valence electrons. The molecule has 2 heterocycles. The van der Waals surface area contributed by atoms with Crippen LogP contribution >= 0.6 is 0 Å². The van der Waals surface area contributed by atoms with Crippen LogP contribution in [0.25, 0.3) is 0 Å². The lowest BCUT2D eigenvalue weighted by Crippen LogP contribution is -2.34. The zero-order valence-corrected chi connectivity index (χ0v) is 9.10. The van der Waals surface area contributed by atoms with Crippen molar-refractivity contribution in [1.82, 2.24) is 15.3 Å². The third-order valence-electron chi connectivity index (χ3n) is 2.72. The molecule has 5 nitrogen and oxygen atoms in total. The van der Waals surface area contributed by atoms with Crippen LogP contribution < -0.4 is 15.0 Å². The molecule has 1 saturated heterocycles. The Balaban J connectivity index is 2.13. The number of rotatable bonds is 3. The third-order valence-corrected chi connectivity index (χ3v) is 2.72. The summed E-state index contributed by atoms with van der Waals surface area (Å²) in [6.45, 7) is 2.07. The van der Waals surface area contributed by atoms with E-state index in [0.29, 0.717) is 11.9 Å². The van der Waals surface area contributed by atoms with Gasteiger partial charge in [-0.15, -0.1) is 0 Å². The number of ether oxygens (including phenoxy) is 1. The van der Waals surface area contributed by atoms with Crippen molar-refractivity contribution < 1.29 is 4.74 Å². The Morgan fingerprint density at radius 2 is 2.47 bits per heavy atom. The topological polar surface area (TPSA) is 50.3 Å². The average molecular weight is 208 g/mol. The highest BCUT2D eigenvalue weighted by Crippen LogP contribution is 2.15. The first-order chi connectivity index (χ1) is 7.31. The summed E-state index contributed by atoms with van der Waals surface area (Å²) < 4.78 is 5.07. The van der Waals surface area contributed by atoms with Gasteiger partial charge in [0.15, 0.2) is 0 Å². The third kappa shape index (κ3) is 2.18. The standard InChI is InChI=1S/C10H16N4O/c1-14(8-3-5-11-7-8)10-12-6-4-9(13-10)15-2/h4,6,8,11H,3,5,7H2,1-2H3. The first kappa shape index (κ1) is 10.2. The van der Waals surface area contributed by atoms with Gasteiger partial charge in [0.05, 0.1) is 7.11 Å². The van der Waals surface area contributed by atoms with E-state index < -0.39 is 0 Å². The van der Waals surface area contributed by atoms with E-state index in [2.05, 4.69) is 20.2 Å². The van der Waals surface area contributed by atoms with Gasteiger partial charge in [-0.1, -0.05) is 0 Å². The number of aromatic nitrogens is 2.